The Hall–Kier alpha value is -0.890. The van der Waals surface area contributed by atoms with Gasteiger partial charge < -0.3 is 4.74 Å². The molecule has 1 aliphatic rings. The zero-order valence-corrected chi connectivity index (χ0v) is 7.05. The Kier molecular flexibility index (Phi) is 2.82. The molecule has 0 saturated heterocycles. The Morgan fingerprint density at radius 3 is 2.83 bits per heavy atom. The van der Waals surface area contributed by atoms with Gasteiger partial charge in [-0.15, -0.1) is 6.58 Å². The van der Waals surface area contributed by atoms with Crippen molar-refractivity contribution < 1.29 is 9.13 Å². The van der Waals surface area contributed by atoms with Crippen molar-refractivity contribution in [3.63, 3.8) is 0 Å². The molecular formula is C10H13FO. The van der Waals surface area contributed by atoms with Crippen LogP contribution in [0.5, 0.6) is 0 Å². The normalized spacial score (nSPS) is 28.2. The highest BCUT2D eigenvalue weighted by atomic mass is 19.1. The van der Waals surface area contributed by atoms with Crippen LogP contribution in [0, 0.1) is 0 Å². The van der Waals surface area contributed by atoms with Gasteiger partial charge in [0.15, 0.2) is 0 Å². The monoisotopic (exact) mass is 168 g/mol. The summed E-state index contributed by atoms with van der Waals surface area (Å²) in [6, 6.07) is 0. The lowest BCUT2D eigenvalue weighted by molar-refractivity contribution is 0.0237. The van der Waals surface area contributed by atoms with Gasteiger partial charge in [0.2, 0.25) is 0 Å². The lowest BCUT2D eigenvalue weighted by Crippen LogP contribution is -2.28. The number of allylic oxidation sites excluding steroid dienone is 1. The van der Waals surface area contributed by atoms with Crippen LogP contribution in [0.4, 0.5) is 4.39 Å². The van der Waals surface area contributed by atoms with E-state index in [0.29, 0.717) is 13.0 Å². The first-order valence-electron chi connectivity index (χ1n) is 4.00. The van der Waals surface area contributed by atoms with Crippen molar-refractivity contribution in [2.45, 2.75) is 18.4 Å². The molecule has 0 saturated carbocycles. The number of rotatable bonds is 4. The Morgan fingerprint density at radius 2 is 2.42 bits per heavy atom. The largest absolute Gasteiger partial charge is 0.360 e. The predicted molar refractivity (Wildman–Crippen MR) is 47.5 cm³/mol. The van der Waals surface area contributed by atoms with Gasteiger partial charge >= 0.3 is 0 Å². The van der Waals surface area contributed by atoms with E-state index in [1.807, 2.05) is 0 Å². The number of hydrogen-bond acceptors (Lipinski definition) is 1. The van der Waals surface area contributed by atoms with Gasteiger partial charge in [-0.3, -0.25) is 0 Å². The summed E-state index contributed by atoms with van der Waals surface area (Å²) in [6.07, 6.45) is 6.04. The highest BCUT2D eigenvalue weighted by Gasteiger charge is 2.35. The summed E-state index contributed by atoms with van der Waals surface area (Å²) in [5.41, 5.74) is -0.867. The second kappa shape index (κ2) is 3.68. The SMILES string of the molecule is C=CCO[C@@]1(C=C)CCC=C1F. The Balaban J connectivity index is 2.69. The van der Waals surface area contributed by atoms with Gasteiger partial charge in [-0.1, -0.05) is 18.7 Å². The quantitative estimate of drug-likeness (QED) is 0.586. The molecule has 0 spiro atoms. The van der Waals surface area contributed by atoms with E-state index in [1.165, 1.54) is 6.08 Å². The minimum Gasteiger partial charge on any atom is -0.360 e. The zero-order chi connectivity index (χ0) is 9.03. The molecule has 0 bridgehead atoms. The van der Waals surface area contributed by atoms with Crippen LogP contribution in [-0.4, -0.2) is 12.2 Å². The molecule has 0 heterocycles. The van der Waals surface area contributed by atoms with Crippen molar-refractivity contribution in [1.82, 2.24) is 0 Å². The molecule has 0 aliphatic heterocycles. The summed E-state index contributed by atoms with van der Waals surface area (Å²) in [6.45, 7) is 7.44. The second-order valence-electron chi connectivity index (χ2n) is 2.78. The van der Waals surface area contributed by atoms with Crippen LogP contribution in [0.25, 0.3) is 0 Å². The van der Waals surface area contributed by atoms with Gasteiger partial charge in [-0.2, -0.15) is 0 Å². The Labute approximate surface area is 72.2 Å². The molecule has 1 nitrogen and oxygen atoms in total. The van der Waals surface area contributed by atoms with Gasteiger partial charge in [0.25, 0.3) is 0 Å². The average molecular weight is 168 g/mol. The molecule has 12 heavy (non-hydrogen) atoms. The molecule has 0 radical (unpaired) electrons. The van der Waals surface area contributed by atoms with E-state index in [-0.39, 0.29) is 5.83 Å². The van der Waals surface area contributed by atoms with Crippen LogP contribution < -0.4 is 0 Å². The topological polar surface area (TPSA) is 9.23 Å². The van der Waals surface area contributed by atoms with E-state index < -0.39 is 5.60 Å². The van der Waals surface area contributed by atoms with Gasteiger partial charge in [-0.25, -0.2) is 4.39 Å². The molecule has 1 aliphatic carbocycles. The summed E-state index contributed by atoms with van der Waals surface area (Å²) in [7, 11) is 0. The van der Waals surface area contributed by atoms with Crippen molar-refractivity contribution in [3.8, 4) is 0 Å². The van der Waals surface area contributed by atoms with Crippen molar-refractivity contribution in [2.75, 3.05) is 6.61 Å². The molecule has 0 aromatic rings. The van der Waals surface area contributed by atoms with Crippen LogP contribution in [0.3, 0.4) is 0 Å². The van der Waals surface area contributed by atoms with E-state index in [9.17, 15) is 4.39 Å². The van der Waals surface area contributed by atoms with Crippen LogP contribution >= 0.6 is 0 Å². The zero-order valence-electron chi connectivity index (χ0n) is 7.05. The standard InChI is InChI=1S/C10H13FO/c1-3-8-12-10(4-2)7-5-6-9(10)11/h3-4,6H,1-2,5,7-8H2/t10-/m0/s1. The smallest absolute Gasteiger partial charge is 0.138 e. The number of ether oxygens (including phenoxy) is 1. The maximum Gasteiger partial charge on any atom is 0.138 e. The van der Waals surface area contributed by atoms with Crippen LogP contribution in [0.15, 0.2) is 37.2 Å². The van der Waals surface area contributed by atoms with Crippen molar-refractivity contribution >= 4 is 0 Å². The molecule has 0 aromatic carbocycles. The summed E-state index contributed by atoms with van der Waals surface area (Å²) in [4.78, 5) is 0. The van der Waals surface area contributed by atoms with Crippen molar-refractivity contribution in [2.24, 2.45) is 0 Å². The van der Waals surface area contributed by atoms with E-state index in [4.69, 9.17) is 4.74 Å². The van der Waals surface area contributed by atoms with E-state index in [1.54, 1.807) is 12.2 Å². The maximum atomic E-state index is 13.2. The maximum absolute atomic E-state index is 13.2. The minimum atomic E-state index is -0.867. The van der Waals surface area contributed by atoms with Gasteiger partial charge in [0.1, 0.15) is 11.4 Å². The first-order valence-corrected chi connectivity index (χ1v) is 4.00. The molecule has 0 fully saturated rings. The molecule has 0 aromatic heterocycles. The lowest BCUT2D eigenvalue weighted by atomic mass is 10.0. The van der Waals surface area contributed by atoms with Crippen LogP contribution in [0.1, 0.15) is 12.8 Å². The summed E-state index contributed by atoms with van der Waals surface area (Å²) in [5.74, 6) is -0.223. The Bertz CT molecular complexity index is 220. The van der Waals surface area contributed by atoms with Crippen LogP contribution in [-0.2, 0) is 4.74 Å². The predicted octanol–water partition coefficient (Wildman–Crippen LogP) is 2.76. The molecule has 0 amide bonds. The van der Waals surface area contributed by atoms with Gasteiger partial charge in [-0.05, 0) is 18.9 Å². The molecule has 2 heteroatoms. The van der Waals surface area contributed by atoms with Crippen molar-refractivity contribution in [3.05, 3.63) is 37.2 Å². The third-order valence-corrected chi connectivity index (χ3v) is 2.03. The highest BCUT2D eigenvalue weighted by molar-refractivity contribution is 5.24. The number of hydrogen-bond donors (Lipinski definition) is 0. The highest BCUT2D eigenvalue weighted by Crippen LogP contribution is 2.35. The fourth-order valence-electron chi connectivity index (χ4n) is 1.31. The molecule has 0 unspecified atom stereocenters. The van der Waals surface area contributed by atoms with Crippen molar-refractivity contribution in [1.29, 1.82) is 0 Å². The van der Waals surface area contributed by atoms with Gasteiger partial charge in [0.05, 0.1) is 6.61 Å². The summed E-state index contributed by atoms with van der Waals surface area (Å²) in [5, 5.41) is 0. The number of halogens is 1. The van der Waals surface area contributed by atoms with E-state index >= 15 is 0 Å². The summed E-state index contributed by atoms with van der Waals surface area (Å²) >= 11 is 0. The second-order valence-corrected chi connectivity index (χ2v) is 2.78. The van der Waals surface area contributed by atoms with Gasteiger partial charge in [0, 0.05) is 0 Å². The minimum absolute atomic E-state index is 0.223. The third kappa shape index (κ3) is 1.48. The first kappa shape index (κ1) is 9.20. The molecule has 66 valence electrons. The average Bonchev–Trinajstić information content (AvgIpc) is 2.45. The molecule has 0 N–H and O–H groups in total. The van der Waals surface area contributed by atoms with Crippen LogP contribution in [0.2, 0.25) is 0 Å². The lowest BCUT2D eigenvalue weighted by Gasteiger charge is -2.24. The fraction of sp³-hybridized carbons (Fsp3) is 0.400. The first-order chi connectivity index (χ1) is 5.75. The fourth-order valence-corrected chi connectivity index (χ4v) is 1.31. The van der Waals surface area contributed by atoms with E-state index in [2.05, 4.69) is 13.2 Å². The molecule has 1 atom stereocenters. The molecular weight excluding hydrogens is 155 g/mol. The molecule has 1 rings (SSSR count). The summed E-state index contributed by atoms with van der Waals surface area (Å²) < 4.78 is 18.5. The third-order valence-electron chi connectivity index (χ3n) is 2.03. The van der Waals surface area contributed by atoms with E-state index in [0.717, 1.165) is 6.42 Å². The Morgan fingerprint density at radius 1 is 1.67 bits per heavy atom.